The molecule has 1 unspecified atom stereocenters. The van der Waals surface area contributed by atoms with Gasteiger partial charge >= 0.3 is 0 Å². The molecule has 0 fully saturated rings. The summed E-state index contributed by atoms with van der Waals surface area (Å²) in [4.78, 5) is 9.00. The largest absolute Gasteiger partial charge is 0.481 e. The van der Waals surface area contributed by atoms with Crippen LogP contribution in [0.5, 0.6) is 0 Å². The van der Waals surface area contributed by atoms with E-state index in [4.69, 9.17) is 9.90 Å². The van der Waals surface area contributed by atoms with Gasteiger partial charge in [-0.3, -0.25) is 4.79 Å². The maximum Gasteiger partial charge on any atom is 0.300 e. The molecular weight excluding hydrogens is 240 g/mol. The van der Waals surface area contributed by atoms with Gasteiger partial charge in [0, 0.05) is 6.92 Å². The number of aliphatic hydroxyl groups is 1. The average Bonchev–Trinajstić information content (AvgIpc) is 2.36. The van der Waals surface area contributed by atoms with Gasteiger partial charge in [0.15, 0.2) is 0 Å². The lowest BCUT2D eigenvalue weighted by Gasteiger charge is -2.06. The molecular formula is C16H30O3. The summed E-state index contributed by atoms with van der Waals surface area (Å²) in [5.74, 6) is -0.833. The Morgan fingerprint density at radius 3 is 2.26 bits per heavy atom. The second-order valence-electron chi connectivity index (χ2n) is 4.59. The van der Waals surface area contributed by atoms with E-state index < -0.39 is 5.97 Å². The van der Waals surface area contributed by atoms with Gasteiger partial charge in [0.2, 0.25) is 0 Å². The van der Waals surface area contributed by atoms with E-state index in [-0.39, 0.29) is 6.10 Å². The van der Waals surface area contributed by atoms with Crippen molar-refractivity contribution >= 4 is 5.97 Å². The molecule has 19 heavy (non-hydrogen) atoms. The lowest BCUT2D eigenvalue weighted by molar-refractivity contribution is -0.134. The molecule has 0 radical (unpaired) electrons. The molecule has 0 aromatic carbocycles. The predicted octanol–water partition coefficient (Wildman–Crippen LogP) is 4.32. The number of carboxylic acids is 1. The predicted molar refractivity (Wildman–Crippen MR) is 81.3 cm³/mol. The van der Waals surface area contributed by atoms with Crippen molar-refractivity contribution in [3.05, 3.63) is 24.8 Å². The van der Waals surface area contributed by atoms with Crippen LogP contribution in [-0.4, -0.2) is 22.3 Å². The molecule has 0 aliphatic rings. The zero-order chi connectivity index (χ0) is 14.9. The number of aliphatic carboxylic acids is 1. The monoisotopic (exact) mass is 270 g/mol. The molecule has 0 saturated heterocycles. The van der Waals surface area contributed by atoms with Crippen LogP contribution < -0.4 is 0 Å². The lowest BCUT2D eigenvalue weighted by Crippen LogP contribution is -2.03. The number of aliphatic hydroxyl groups excluding tert-OH is 1. The molecule has 0 aromatic heterocycles. The minimum atomic E-state index is -0.833. The fourth-order valence-corrected chi connectivity index (χ4v) is 1.57. The summed E-state index contributed by atoms with van der Waals surface area (Å²) < 4.78 is 0. The molecule has 0 aliphatic carbocycles. The normalized spacial score (nSPS) is 11.7. The molecule has 112 valence electrons. The Labute approximate surface area is 118 Å². The van der Waals surface area contributed by atoms with Crippen LogP contribution >= 0.6 is 0 Å². The van der Waals surface area contributed by atoms with Gasteiger partial charge in [-0.05, 0) is 25.7 Å². The molecule has 0 aliphatic heterocycles. The Kier molecular flexibility index (Phi) is 18.0. The SMILES string of the molecule is C=CC=CCCCCCCCC(O)CC.CC(=O)O. The second-order valence-corrected chi connectivity index (χ2v) is 4.59. The van der Waals surface area contributed by atoms with Crippen LogP contribution in [0.2, 0.25) is 0 Å². The quantitative estimate of drug-likeness (QED) is 0.459. The molecule has 0 heterocycles. The van der Waals surface area contributed by atoms with Gasteiger partial charge in [-0.1, -0.05) is 57.4 Å². The van der Waals surface area contributed by atoms with Crippen LogP contribution in [0.3, 0.4) is 0 Å². The second kappa shape index (κ2) is 16.9. The van der Waals surface area contributed by atoms with Crippen molar-refractivity contribution in [3.8, 4) is 0 Å². The Morgan fingerprint density at radius 2 is 1.74 bits per heavy atom. The Balaban J connectivity index is 0. The number of hydrogen-bond donors (Lipinski definition) is 2. The standard InChI is InChI=1S/C14H26O.C2H4O2/c1-3-5-6-7-8-9-10-11-12-13-14(15)4-2;1-2(3)4/h3,5-6,14-15H,1,4,7-13H2,2H3;1H3,(H,3,4). The maximum absolute atomic E-state index is 9.34. The summed E-state index contributed by atoms with van der Waals surface area (Å²) >= 11 is 0. The van der Waals surface area contributed by atoms with E-state index in [9.17, 15) is 5.11 Å². The molecule has 0 aromatic rings. The van der Waals surface area contributed by atoms with Gasteiger partial charge in [0.1, 0.15) is 0 Å². The van der Waals surface area contributed by atoms with E-state index in [1.807, 2.05) is 19.1 Å². The molecule has 3 heteroatoms. The smallest absolute Gasteiger partial charge is 0.300 e. The first-order valence-corrected chi connectivity index (χ1v) is 7.19. The summed E-state index contributed by atoms with van der Waals surface area (Å²) in [5.41, 5.74) is 0. The molecule has 0 amide bonds. The number of allylic oxidation sites excluding steroid dienone is 3. The Morgan fingerprint density at radius 1 is 1.21 bits per heavy atom. The highest BCUT2D eigenvalue weighted by Crippen LogP contribution is 2.10. The van der Waals surface area contributed by atoms with Crippen LogP contribution in [0.25, 0.3) is 0 Å². The van der Waals surface area contributed by atoms with Crippen molar-refractivity contribution in [1.82, 2.24) is 0 Å². The highest BCUT2D eigenvalue weighted by Gasteiger charge is 1.99. The third kappa shape index (κ3) is 26.5. The Hall–Kier alpha value is -1.09. The van der Waals surface area contributed by atoms with Crippen LogP contribution in [0.15, 0.2) is 24.8 Å². The van der Waals surface area contributed by atoms with Gasteiger partial charge in [0.05, 0.1) is 6.10 Å². The minimum absolute atomic E-state index is 0.0690. The van der Waals surface area contributed by atoms with Gasteiger partial charge in [-0.15, -0.1) is 0 Å². The number of hydrogen-bond acceptors (Lipinski definition) is 2. The average molecular weight is 270 g/mol. The molecule has 0 rings (SSSR count). The van der Waals surface area contributed by atoms with Crippen LogP contribution in [0.1, 0.15) is 65.2 Å². The van der Waals surface area contributed by atoms with E-state index >= 15 is 0 Å². The van der Waals surface area contributed by atoms with Crippen molar-refractivity contribution < 1.29 is 15.0 Å². The fourth-order valence-electron chi connectivity index (χ4n) is 1.57. The summed E-state index contributed by atoms with van der Waals surface area (Å²) in [6.45, 7) is 6.75. The summed E-state index contributed by atoms with van der Waals surface area (Å²) in [6.07, 6.45) is 15.3. The molecule has 1 atom stereocenters. The third-order valence-corrected chi connectivity index (χ3v) is 2.65. The zero-order valence-electron chi connectivity index (χ0n) is 12.5. The van der Waals surface area contributed by atoms with E-state index in [1.54, 1.807) is 0 Å². The van der Waals surface area contributed by atoms with Crippen molar-refractivity contribution in [2.45, 2.75) is 71.3 Å². The molecule has 0 saturated carbocycles. The van der Waals surface area contributed by atoms with Gasteiger partial charge in [-0.25, -0.2) is 0 Å². The highest BCUT2D eigenvalue weighted by atomic mass is 16.4. The van der Waals surface area contributed by atoms with Crippen LogP contribution in [-0.2, 0) is 4.79 Å². The maximum atomic E-state index is 9.34. The first-order chi connectivity index (χ1) is 9.04. The summed E-state index contributed by atoms with van der Waals surface area (Å²) in [6, 6.07) is 0. The lowest BCUT2D eigenvalue weighted by atomic mass is 10.1. The third-order valence-electron chi connectivity index (χ3n) is 2.65. The molecule has 0 spiro atoms. The zero-order valence-corrected chi connectivity index (χ0v) is 12.5. The van der Waals surface area contributed by atoms with Crippen LogP contribution in [0, 0.1) is 0 Å². The van der Waals surface area contributed by atoms with E-state index in [1.165, 1.54) is 38.5 Å². The number of unbranched alkanes of at least 4 members (excludes halogenated alkanes) is 5. The fraction of sp³-hybridized carbons (Fsp3) is 0.688. The topological polar surface area (TPSA) is 57.5 Å². The van der Waals surface area contributed by atoms with E-state index in [0.717, 1.165) is 19.8 Å². The van der Waals surface area contributed by atoms with Crippen LogP contribution in [0.4, 0.5) is 0 Å². The molecule has 0 bridgehead atoms. The molecule has 2 N–H and O–H groups in total. The molecule has 3 nitrogen and oxygen atoms in total. The summed E-state index contributed by atoms with van der Waals surface area (Å²) in [5, 5.41) is 16.8. The van der Waals surface area contributed by atoms with E-state index in [0.29, 0.717) is 0 Å². The van der Waals surface area contributed by atoms with Crippen molar-refractivity contribution in [2.24, 2.45) is 0 Å². The number of rotatable bonds is 10. The first kappa shape index (κ1) is 20.2. The van der Waals surface area contributed by atoms with Crippen molar-refractivity contribution in [1.29, 1.82) is 0 Å². The van der Waals surface area contributed by atoms with Crippen molar-refractivity contribution in [3.63, 3.8) is 0 Å². The minimum Gasteiger partial charge on any atom is -0.481 e. The van der Waals surface area contributed by atoms with E-state index in [2.05, 4.69) is 12.7 Å². The highest BCUT2D eigenvalue weighted by molar-refractivity contribution is 5.62. The Bertz CT molecular complexity index is 230. The first-order valence-electron chi connectivity index (χ1n) is 7.19. The summed E-state index contributed by atoms with van der Waals surface area (Å²) in [7, 11) is 0. The number of carbonyl (C=O) groups is 1. The van der Waals surface area contributed by atoms with Gasteiger partial charge in [0.25, 0.3) is 5.97 Å². The number of carboxylic acid groups (broad SMARTS) is 1. The van der Waals surface area contributed by atoms with Gasteiger partial charge < -0.3 is 10.2 Å². The van der Waals surface area contributed by atoms with Crippen molar-refractivity contribution in [2.75, 3.05) is 0 Å². The van der Waals surface area contributed by atoms with Gasteiger partial charge in [-0.2, -0.15) is 0 Å².